The topological polar surface area (TPSA) is 45.2 Å². The summed E-state index contributed by atoms with van der Waals surface area (Å²) in [6.07, 6.45) is 1.70. The molecule has 1 fully saturated rings. The first-order valence-corrected chi connectivity index (χ1v) is 7.08. The average Bonchev–Trinajstić information content (AvgIpc) is 2.44. The molecule has 1 saturated heterocycles. The summed E-state index contributed by atoms with van der Waals surface area (Å²) in [7, 11) is 0. The number of benzene rings is 1. The lowest BCUT2D eigenvalue weighted by molar-refractivity contribution is -0.135. The number of rotatable bonds is 2. The maximum atomic E-state index is 12.1. The van der Waals surface area contributed by atoms with Gasteiger partial charge >= 0.3 is 0 Å². The van der Waals surface area contributed by atoms with Crippen LogP contribution in [0.5, 0.6) is 0 Å². The molecule has 0 spiro atoms. The molecule has 104 valence electrons. The van der Waals surface area contributed by atoms with Crippen LogP contribution in [-0.4, -0.2) is 34.9 Å². The number of fused-ring (bicyclic) bond motifs is 1. The van der Waals surface area contributed by atoms with Crippen LogP contribution in [0.15, 0.2) is 30.5 Å². The Bertz CT molecular complexity index is 659. The Kier molecular flexibility index (Phi) is 3.59. The zero-order chi connectivity index (χ0) is 14.1. The van der Waals surface area contributed by atoms with Crippen LogP contribution in [0.25, 0.3) is 10.9 Å². The van der Waals surface area contributed by atoms with Crippen molar-refractivity contribution in [3.63, 3.8) is 0 Å². The van der Waals surface area contributed by atoms with Crippen molar-refractivity contribution in [3.05, 3.63) is 41.0 Å². The van der Waals surface area contributed by atoms with Gasteiger partial charge in [0.2, 0.25) is 5.91 Å². The highest BCUT2D eigenvalue weighted by molar-refractivity contribution is 6.35. The van der Waals surface area contributed by atoms with Crippen molar-refractivity contribution in [1.82, 2.24) is 15.2 Å². The highest BCUT2D eigenvalue weighted by Crippen LogP contribution is 2.23. The van der Waals surface area contributed by atoms with E-state index < -0.39 is 0 Å². The Hall–Kier alpha value is -1.65. The van der Waals surface area contributed by atoms with Crippen molar-refractivity contribution < 1.29 is 4.79 Å². The maximum Gasteiger partial charge on any atom is 0.239 e. The molecule has 4 nitrogen and oxygen atoms in total. The molecule has 1 N–H and O–H groups in total. The van der Waals surface area contributed by atoms with Gasteiger partial charge in [-0.05, 0) is 24.6 Å². The van der Waals surface area contributed by atoms with E-state index in [1.165, 1.54) is 0 Å². The molecule has 5 heteroatoms. The Morgan fingerprint density at radius 2 is 2.30 bits per heavy atom. The summed E-state index contributed by atoms with van der Waals surface area (Å²) in [5, 5.41) is 4.81. The molecule has 1 atom stereocenters. The summed E-state index contributed by atoms with van der Waals surface area (Å²) in [6, 6.07) is 7.66. The smallest absolute Gasteiger partial charge is 0.239 e. The van der Waals surface area contributed by atoms with Gasteiger partial charge in [-0.15, -0.1) is 0 Å². The summed E-state index contributed by atoms with van der Waals surface area (Å²) in [5.41, 5.74) is 1.94. The van der Waals surface area contributed by atoms with E-state index >= 15 is 0 Å². The molecule has 1 aliphatic heterocycles. The van der Waals surface area contributed by atoms with Crippen LogP contribution >= 0.6 is 11.6 Å². The molecule has 3 rings (SSSR count). The molecule has 1 amide bonds. The number of piperazine rings is 1. The number of carbonyl (C=O) groups is 1. The number of aromatic nitrogens is 1. The van der Waals surface area contributed by atoms with Crippen LogP contribution in [-0.2, 0) is 11.3 Å². The summed E-state index contributed by atoms with van der Waals surface area (Å²) < 4.78 is 0. The molecule has 0 radical (unpaired) electrons. The summed E-state index contributed by atoms with van der Waals surface area (Å²) in [6.45, 7) is 4.10. The van der Waals surface area contributed by atoms with Crippen molar-refractivity contribution in [2.45, 2.75) is 19.5 Å². The number of nitrogens with one attached hydrogen (secondary N) is 1. The van der Waals surface area contributed by atoms with Gasteiger partial charge in [0.25, 0.3) is 0 Å². The summed E-state index contributed by atoms with van der Waals surface area (Å²) in [4.78, 5) is 18.3. The van der Waals surface area contributed by atoms with E-state index in [9.17, 15) is 4.79 Å². The number of pyridine rings is 1. The van der Waals surface area contributed by atoms with Crippen molar-refractivity contribution in [2.75, 3.05) is 13.1 Å². The summed E-state index contributed by atoms with van der Waals surface area (Å²) in [5.74, 6) is 0.149. The van der Waals surface area contributed by atoms with Gasteiger partial charge in [-0.3, -0.25) is 9.78 Å². The average molecular weight is 290 g/mol. The molecule has 20 heavy (non-hydrogen) atoms. The van der Waals surface area contributed by atoms with Crippen LogP contribution < -0.4 is 5.32 Å². The van der Waals surface area contributed by atoms with Crippen molar-refractivity contribution in [3.8, 4) is 0 Å². The van der Waals surface area contributed by atoms with Gasteiger partial charge in [-0.2, -0.15) is 0 Å². The predicted octanol–water partition coefficient (Wildman–Crippen LogP) is 2.21. The highest BCUT2D eigenvalue weighted by Gasteiger charge is 2.24. The van der Waals surface area contributed by atoms with Gasteiger partial charge in [0, 0.05) is 31.2 Å². The molecule has 2 heterocycles. The van der Waals surface area contributed by atoms with Crippen LogP contribution in [0.2, 0.25) is 5.02 Å². The van der Waals surface area contributed by atoms with E-state index in [-0.39, 0.29) is 11.9 Å². The van der Waals surface area contributed by atoms with Crippen molar-refractivity contribution in [2.24, 2.45) is 0 Å². The van der Waals surface area contributed by atoms with Gasteiger partial charge in [0.05, 0.1) is 16.6 Å². The first-order chi connectivity index (χ1) is 9.65. The minimum absolute atomic E-state index is 0.100. The first-order valence-electron chi connectivity index (χ1n) is 6.70. The number of hydrogen-bond acceptors (Lipinski definition) is 3. The second kappa shape index (κ2) is 5.38. The fourth-order valence-electron chi connectivity index (χ4n) is 2.52. The number of halogens is 1. The zero-order valence-corrected chi connectivity index (χ0v) is 12.0. The van der Waals surface area contributed by atoms with Crippen LogP contribution in [0.3, 0.4) is 0 Å². The van der Waals surface area contributed by atoms with Crippen molar-refractivity contribution in [1.29, 1.82) is 0 Å². The minimum atomic E-state index is -0.100. The van der Waals surface area contributed by atoms with Gasteiger partial charge in [-0.1, -0.05) is 23.7 Å². The number of hydrogen-bond donors (Lipinski definition) is 1. The first kappa shape index (κ1) is 13.3. The van der Waals surface area contributed by atoms with E-state index in [1.54, 1.807) is 12.3 Å². The molecule has 2 aromatic rings. The lowest BCUT2D eigenvalue weighted by Crippen LogP contribution is -2.53. The SMILES string of the molecule is C[C@@H]1NCCN(Cc2ccc3c(Cl)ccnc3c2)C1=O. The highest BCUT2D eigenvalue weighted by atomic mass is 35.5. The molecule has 0 saturated carbocycles. The fourth-order valence-corrected chi connectivity index (χ4v) is 2.74. The Balaban J connectivity index is 1.86. The zero-order valence-electron chi connectivity index (χ0n) is 11.3. The summed E-state index contributed by atoms with van der Waals surface area (Å²) >= 11 is 6.13. The van der Waals surface area contributed by atoms with E-state index in [0.29, 0.717) is 11.6 Å². The maximum absolute atomic E-state index is 12.1. The number of amides is 1. The number of nitrogens with zero attached hydrogens (tertiary/aromatic N) is 2. The van der Waals surface area contributed by atoms with Crippen LogP contribution in [0.1, 0.15) is 12.5 Å². The molecule has 0 bridgehead atoms. The van der Waals surface area contributed by atoms with E-state index in [4.69, 9.17) is 11.6 Å². The number of carbonyl (C=O) groups excluding carboxylic acids is 1. The lowest BCUT2D eigenvalue weighted by Gasteiger charge is -2.31. The van der Waals surface area contributed by atoms with Crippen LogP contribution in [0.4, 0.5) is 0 Å². The monoisotopic (exact) mass is 289 g/mol. The largest absolute Gasteiger partial charge is 0.336 e. The molecule has 0 unspecified atom stereocenters. The predicted molar refractivity (Wildman–Crippen MR) is 79.6 cm³/mol. The lowest BCUT2D eigenvalue weighted by atomic mass is 10.1. The van der Waals surface area contributed by atoms with E-state index in [0.717, 1.165) is 29.6 Å². The third-order valence-corrected chi connectivity index (χ3v) is 3.97. The van der Waals surface area contributed by atoms with Crippen molar-refractivity contribution >= 4 is 28.4 Å². The second-order valence-electron chi connectivity index (χ2n) is 5.08. The van der Waals surface area contributed by atoms with E-state index in [2.05, 4.69) is 10.3 Å². The van der Waals surface area contributed by atoms with Crippen LogP contribution in [0, 0.1) is 0 Å². The van der Waals surface area contributed by atoms with Gasteiger partial charge < -0.3 is 10.2 Å². The normalized spacial score (nSPS) is 19.6. The third-order valence-electron chi connectivity index (χ3n) is 3.64. The minimum Gasteiger partial charge on any atom is -0.336 e. The Morgan fingerprint density at radius 3 is 3.15 bits per heavy atom. The quantitative estimate of drug-likeness (QED) is 0.922. The Labute approximate surface area is 122 Å². The molecule has 1 aromatic carbocycles. The fraction of sp³-hybridized carbons (Fsp3) is 0.333. The second-order valence-corrected chi connectivity index (χ2v) is 5.49. The molecule has 1 aromatic heterocycles. The standard InChI is InChI=1S/C15H16ClN3O/c1-10-15(20)19(7-6-17-10)9-11-2-3-12-13(16)4-5-18-14(12)8-11/h2-5,8,10,17H,6-7,9H2,1H3/t10-/m0/s1. The molecule has 1 aliphatic rings. The molecule has 0 aliphatic carbocycles. The van der Waals surface area contributed by atoms with Gasteiger partial charge in [0.15, 0.2) is 0 Å². The molecular formula is C15H16ClN3O. The molecular weight excluding hydrogens is 274 g/mol. The third kappa shape index (κ3) is 2.49. The Morgan fingerprint density at radius 1 is 1.45 bits per heavy atom. The van der Waals surface area contributed by atoms with E-state index in [1.807, 2.05) is 30.0 Å². The van der Waals surface area contributed by atoms with Gasteiger partial charge in [-0.25, -0.2) is 0 Å². The van der Waals surface area contributed by atoms with Gasteiger partial charge in [0.1, 0.15) is 0 Å².